The van der Waals surface area contributed by atoms with Crippen molar-refractivity contribution in [3.05, 3.63) is 108 Å². The number of carbonyl (C=O) groups is 1. The zero-order valence-corrected chi connectivity index (χ0v) is 14.9. The molecule has 0 aliphatic heterocycles. The average molecular weight is 341 g/mol. The van der Waals surface area contributed by atoms with Gasteiger partial charge in [-0.25, -0.2) is 0 Å². The van der Waals surface area contributed by atoms with E-state index < -0.39 is 0 Å². The number of hydrogen-bond donors (Lipinski definition) is 1. The molecule has 1 amide bonds. The lowest BCUT2D eigenvalue weighted by Crippen LogP contribution is -2.28. The summed E-state index contributed by atoms with van der Waals surface area (Å²) >= 11 is 0. The van der Waals surface area contributed by atoms with E-state index in [1.54, 1.807) is 0 Å². The molecule has 0 heterocycles. The van der Waals surface area contributed by atoms with Crippen LogP contribution in [0.5, 0.6) is 0 Å². The number of nitrogens with one attached hydrogen (secondary N) is 1. The second kappa shape index (κ2) is 8.82. The lowest BCUT2D eigenvalue weighted by molar-refractivity contribution is -0.115. The van der Waals surface area contributed by atoms with Gasteiger partial charge in [-0.15, -0.1) is 0 Å². The quantitative estimate of drug-likeness (QED) is 0.488. The van der Waals surface area contributed by atoms with Crippen molar-refractivity contribution in [2.24, 2.45) is 0 Å². The van der Waals surface area contributed by atoms with Crippen LogP contribution in [0.15, 0.2) is 91.0 Å². The third-order valence-corrected chi connectivity index (χ3v) is 4.38. The molecule has 3 rings (SSSR count). The molecule has 130 valence electrons. The van der Waals surface area contributed by atoms with Gasteiger partial charge in [0.25, 0.3) is 5.91 Å². The second-order valence-electron chi connectivity index (χ2n) is 6.36. The average Bonchev–Trinajstić information content (AvgIpc) is 2.72. The first-order chi connectivity index (χ1) is 12.7. The Balaban J connectivity index is 1.78. The van der Waals surface area contributed by atoms with Gasteiger partial charge in [-0.1, -0.05) is 97.9 Å². The van der Waals surface area contributed by atoms with Gasteiger partial charge in [0.1, 0.15) is 0 Å². The summed E-state index contributed by atoms with van der Waals surface area (Å²) in [6, 6.07) is 30.0. The lowest BCUT2D eigenvalue weighted by atomic mass is 9.99. The van der Waals surface area contributed by atoms with Crippen molar-refractivity contribution in [1.82, 2.24) is 5.32 Å². The molecule has 1 atom stereocenters. The highest BCUT2D eigenvalue weighted by atomic mass is 16.1. The molecule has 3 aromatic rings. The molecule has 1 unspecified atom stereocenters. The SMILES string of the molecule is CC(CNC(=O)/C(=C/c1ccccc1)c1ccccc1)c1ccccc1. The molecule has 0 bridgehead atoms. The van der Waals surface area contributed by atoms with E-state index >= 15 is 0 Å². The van der Waals surface area contributed by atoms with Crippen molar-refractivity contribution in [1.29, 1.82) is 0 Å². The Hall–Kier alpha value is -3.13. The standard InChI is InChI=1S/C24H23NO/c1-19(21-13-7-3-8-14-21)18-25-24(26)23(22-15-9-4-10-16-22)17-20-11-5-2-6-12-20/h2-17,19H,18H2,1H3,(H,25,26)/b23-17+. The van der Waals surface area contributed by atoms with Gasteiger partial charge in [0.2, 0.25) is 0 Å². The molecule has 3 aromatic carbocycles. The third-order valence-electron chi connectivity index (χ3n) is 4.38. The Kier molecular flexibility index (Phi) is 6.00. The van der Waals surface area contributed by atoms with E-state index in [1.807, 2.05) is 84.9 Å². The van der Waals surface area contributed by atoms with E-state index in [2.05, 4.69) is 24.4 Å². The molecule has 0 saturated carbocycles. The molecule has 0 saturated heterocycles. The van der Waals surface area contributed by atoms with Crippen LogP contribution >= 0.6 is 0 Å². The van der Waals surface area contributed by atoms with Crippen LogP contribution in [-0.4, -0.2) is 12.5 Å². The number of carbonyl (C=O) groups excluding carboxylic acids is 1. The first kappa shape index (κ1) is 17.7. The maximum Gasteiger partial charge on any atom is 0.251 e. The van der Waals surface area contributed by atoms with Crippen molar-refractivity contribution in [3.8, 4) is 0 Å². The molecule has 0 spiro atoms. The minimum Gasteiger partial charge on any atom is -0.351 e. The van der Waals surface area contributed by atoms with Gasteiger partial charge in [0, 0.05) is 12.1 Å². The van der Waals surface area contributed by atoms with E-state index in [0.29, 0.717) is 12.1 Å². The van der Waals surface area contributed by atoms with Crippen molar-refractivity contribution >= 4 is 17.6 Å². The van der Waals surface area contributed by atoms with Gasteiger partial charge < -0.3 is 5.32 Å². The van der Waals surface area contributed by atoms with Crippen LogP contribution in [0.25, 0.3) is 11.6 Å². The smallest absolute Gasteiger partial charge is 0.251 e. The van der Waals surface area contributed by atoms with Crippen LogP contribution in [-0.2, 0) is 4.79 Å². The van der Waals surface area contributed by atoms with E-state index in [4.69, 9.17) is 0 Å². The minimum absolute atomic E-state index is 0.0529. The zero-order chi connectivity index (χ0) is 18.2. The molecule has 0 radical (unpaired) electrons. The van der Waals surface area contributed by atoms with Crippen LogP contribution in [0, 0.1) is 0 Å². The number of hydrogen-bond acceptors (Lipinski definition) is 1. The summed E-state index contributed by atoms with van der Waals surface area (Å²) in [5, 5.41) is 3.09. The predicted molar refractivity (Wildman–Crippen MR) is 109 cm³/mol. The van der Waals surface area contributed by atoms with Gasteiger partial charge in [0.05, 0.1) is 0 Å². The number of benzene rings is 3. The molecule has 26 heavy (non-hydrogen) atoms. The lowest BCUT2D eigenvalue weighted by Gasteiger charge is -2.15. The fraction of sp³-hybridized carbons (Fsp3) is 0.125. The third kappa shape index (κ3) is 4.70. The monoisotopic (exact) mass is 341 g/mol. The molecule has 0 fully saturated rings. The van der Waals surface area contributed by atoms with E-state index in [9.17, 15) is 4.79 Å². The van der Waals surface area contributed by atoms with Crippen LogP contribution in [0.3, 0.4) is 0 Å². The summed E-state index contributed by atoms with van der Waals surface area (Å²) in [7, 11) is 0. The summed E-state index contributed by atoms with van der Waals surface area (Å²) in [6.45, 7) is 2.72. The van der Waals surface area contributed by atoms with Crippen molar-refractivity contribution in [2.75, 3.05) is 6.54 Å². The Morgan fingerprint density at radius 1 is 0.846 bits per heavy atom. The maximum absolute atomic E-state index is 12.9. The van der Waals surface area contributed by atoms with Gasteiger partial charge in [-0.2, -0.15) is 0 Å². The van der Waals surface area contributed by atoms with Gasteiger partial charge in [-0.05, 0) is 28.7 Å². The molecular weight excluding hydrogens is 318 g/mol. The molecular formula is C24H23NO. The number of amides is 1. The van der Waals surface area contributed by atoms with Crippen LogP contribution in [0.4, 0.5) is 0 Å². The summed E-state index contributed by atoms with van der Waals surface area (Å²) in [6.07, 6.45) is 1.94. The van der Waals surface area contributed by atoms with Crippen molar-refractivity contribution in [2.45, 2.75) is 12.8 Å². The topological polar surface area (TPSA) is 29.1 Å². The molecule has 0 aliphatic carbocycles. The Labute approximate surface area is 155 Å². The van der Waals surface area contributed by atoms with Gasteiger partial charge >= 0.3 is 0 Å². The zero-order valence-electron chi connectivity index (χ0n) is 14.9. The molecule has 2 nitrogen and oxygen atoms in total. The number of rotatable bonds is 6. The Morgan fingerprint density at radius 3 is 2.00 bits per heavy atom. The molecule has 2 heteroatoms. The largest absolute Gasteiger partial charge is 0.351 e. The molecule has 0 aliphatic rings. The minimum atomic E-state index is -0.0529. The highest BCUT2D eigenvalue weighted by Gasteiger charge is 2.13. The van der Waals surface area contributed by atoms with Crippen LogP contribution in [0.1, 0.15) is 29.5 Å². The second-order valence-corrected chi connectivity index (χ2v) is 6.36. The van der Waals surface area contributed by atoms with Crippen molar-refractivity contribution < 1.29 is 4.79 Å². The van der Waals surface area contributed by atoms with Crippen LogP contribution < -0.4 is 5.32 Å². The fourth-order valence-electron chi connectivity index (χ4n) is 2.85. The van der Waals surface area contributed by atoms with Crippen molar-refractivity contribution in [3.63, 3.8) is 0 Å². The highest BCUT2D eigenvalue weighted by molar-refractivity contribution is 6.24. The fourth-order valence-corrected chi connectivity index (χ4v) is 2.85. The molecule has 1 N–H and O–H groups in total. The van der Waals surface area contributed by atoms with Gasteiger partial charge in [-0.3, -0.25) is 4.79 Å². The Bertz CT molecular complexity index is 854. The van der Waals surface area contributed by atoms with Gasteiger partial charge in [0.15, 0.2) is 0 Å². The van der Waals surface area contributed by atoms with E-state index in [0.717, 1.165) is 11.1 Å². The summed E-state index contributed by atoms with van der Waals surface area (Å²) < 4.78 is 0. The molecule has 0 aromatic heterocycles. The predicted octanol–water partition coefficient (Wildman–Crippen LogP) is 5.15. The normalized spacial score (nSPS) is 12.4. The van der Waals surface area contributed by atoms with E-state index in [1.165, 1.54) is 5.56 Å². The Morgan fingerprint density at radius 2 is 1.38 bits per heavy atom. The summed E-state index contributed by atoms with van der Waals surface area (Å²) in [5.74, 6) is 0.205. The maximum atomic E-state index is 12.9. The van der Waals surface area contributed by atoms with Crippen LogP contribution in [0.2, 0.25) is 0 Å². The summed E-state index contributed by atoms with van der Waals surface area (Å²) in [4.78, 5) is 12.9. The highest BCUT2D eigenvalue weighted by Crippen LogP contribution is 2.19. The first-order valence-corrected chi connectivity index (χ1v) is 8.89. The first-order valence-electron chi connectivity index (χ1n) is 8.89. The summed E-state index contributed by atoms with van der Waals surface area (Å²) in [5.41, 5.74) is 3.83. The van der Waals surface area contributed by atoms with E-state index in [-0.39, 0.29) is 11.8 Å².